The summed E-state index contributed by atoms with van der Waals surface area (Å²) in [5, 5.41) is 0. The molecule has 0 bridgehead atoms. The number of likely N-dealkylation sites (tertiary alicyclic amines) is 1. The van der Waals surface area contributed by atoms with Crippen molar-refractivity contribution in [3.05, 3.63) is 64.7 Å². The number of hydrogen-bond donors (Lipinski definition) is 1. The van der Waals surface area contributed by atoms with Gasteiger partial charge in [0.1, 0.15) is 0 Å². The second kappa shape index (κ2) is 10.9. The molecule has 2 amide bonds. The maximum Gasteiger partial charge on any atom is 0.253 e. The van der Waals surface area contributed by atoms with E-state index >= 15 is 0 Å². The van der Waals surface area contributed by atoms with Crippen molar-refractivity contribution in [1.82, 2.24) is 19.4 Å². The number of sulfonamides is 1. The van der Waals surface area contributed by atoms with Gasteiger partial charge >= 0.3 is 0 Å². The summed E-state index contributed by atoms with van der Waals surface area (Å²) in [7, 11) is -3.62. The Kier molecular flexibility index (Phi) is 7.88. The fourth-order valence-electron chi connectivity index (χ4n) is 4.46. The monoisotopic (exact) mass is 498 g/mol. The molecule has 35 heavy (non-hydrogen) atoms. The van der Waals surface area contributed by atoms with E-state index in [0.29, 0.717) is 38.3 Å². The molecule has 0 atom stereocenters. The number of benzene rings is 2. The van der Waals surface area contributed by atoms with Gasteiger partial charge in [-0.1, -0.05) is 18.2 Å². The number of hydrogen-bond acceptors (Lipinski definition) is 5. The summed E-state index contributed by atoms with van der Waals surface area (Å²) in [4.78, 5) is 31.4. The third-order valence-corrected chi connectivity index (χ3v) is 8.33. The lowest BCUT2D eigenvalue weighted by atomic mass is 10.1. The molecule has 8 nitrogen and oxygen atoms in total. The minimum atomic E-state index is -3.62. The predicted molar refractivity (Wildman–Crippen MR) is 135 cm³/mol. The normalized spacial score (nSPS) is 17.1. The molecule has 2 saturated heterocycles. The summed E-state index contributed by atoms with van der Waals surface area (Å²) in [6, 6.07) is 12.1. The second-order valence-corrected chi connectivity index (χ2v) is 11.2. The number of piperazine rings is 1. The fourth-order valence-corrected chi connectivity index (χ4v) is 5.56. The van der Waals surface area contributed by atoms with E-state index in [4.69, 9.17) is 0 Å². The van der Waals surface area contributed by atoms with Gasteiger partial charge in [-0.15, -0.1) is 0 Å². The standard InChI is InChI=1S/C26H34N4O4S/c1-20-5-10-24(17-21(20)2)35(33,34)27-18-22-6-8-23(9-7-22)26(32)30-15-13-28(14-16-30)19-25(31)29-11-3-4-12-29/h5-10,17,27H,3-4,11-16,18-19H2,1-2H3. The molecule has 188 valence electrons. The van der Waals surface area contributed by atoms with E-state index in [-0.39, 0.29) is 23.3 Å². The van der Waals surface area contributed by atoms with Crippen molar-refractivity contribution in [1.29, 1.82) is 0 Å². The van der Waals surface area contributed by atoms with Gasteiger partial charge in [0.25, 0.3) is 5.91 Å². The topological polar surface area (TPSA) is 90.0 Å². The van der Waals surface area contributed by atoms with E-state index in [1.165, 1.54) is 0 Å². The molecule has 2 aromatic carbocycles. The predicted octanol–water partition coefficient (Wildman–Crippen LogP) is 2.16. The average molecular weight is 499 g/mol. The van der Waals surface area contributed by atoms with Gasteiger partial charge in [-0.3, -0.25) is 14.5 Å². The number of amides is 2. The molecule has 2 aliphatic heterocycles. The number of nitrogens with zero attached hydrogens (tertiary/aromatic N) is 3. The van der Waals surface area contributed by atoms with Gasteiger partial charge < -0.3 is 9.80 Å². The van der Waals surface area contributed by atoms with E-state index in [0.717, 1.165) is 42.6 Å². The molecule has 2 heterocycles. The van der Waals surface area contributed by atoms with E-state index in [1.54, 1.807) is 42.5 Å². The van der Waals surface area contributed by atoms with Crippen LogP contribution in [-0.4, -0.2) is 80.7 Å². The van der Waals surface area contributed by atoms with Gasteiger partial charge in [-0.2, -0.15) is 0 Å². The molecule has 0 saturated carbocycles. The SMILES string of the molecule is Cc1ccc(S(=O)(=O)NCc2ccc(C(=O)N3CCN(CC(=O)N4CCCC4)CC3)cc2)cc1C. The van der Waals surface area contributed by atoms with Crippen LogP contribution in [0.3, 0.4) is 0 Å². The van der Waals surface area contributed by atoms with Crippen LogP contribution in [0.1, 0.15) is 39.9 Å². The first-order valence-electron chi connectivity index (χ1n) is 12.2. The van der Waals surface area contributed by atoms with Gasteiger partial charge in [0.05, 0.1) is 11.4 Å². The minimum Gasteiger partial charge on any atom is -0.342 e. The number of carbonyl (C=O) groups is 2. The number of carbonyl (C=O) groups excluding carboxylic acids is 2. The second-order valence-electron chi connectivity index (χ2n) is 9.42. The largest absolute Gasteiger partial charge is 0.342 e. The molecule has 0 radical (unpaired) electrons. The molecule has 0 unspecified atom stereocenters. The summed E-state index contributed by atoms with van der Waals surface area (Å²) in [5.74, 6) is 0.142. The molecule has 0 aromatic heterocycles. The quantitative estimate of drug-likeness (QED) is 0.632. The lowest BCUT2D eigenvalue weighted by molar-refractivity contribution is -0.131. The molecule has 2 fully saturated rings. The van der Waals surface area contributed by atoms with Crippen molar-refractivity contribution >= 4 is 21.8 Å². The van der Waals surface area contributed by atoms with Gasteiger partial charge in [-0.05, 0) is 67.6 Å². The van der Waals surface area contributed by atoms with Crippen molar-refractivity contribution in [3.8, 4) is 0 Å². The van der Waals surface area contributed by atoms with Gasteiger partial charge in [0.2, 0.25) is 15.9 Å². The van der Waals surface area contributed by atoms with Crippen LogP contribution in [0, 0.1) is 13.8 Å². The van der Waals surface area contributed by atoms with Crippen LogP contribution < -0.4 is 4.72 Å². The Hall–Kier alpha value is -2.75. The maximum atomic E-state index is 12.9. The number of aryl methyl sites for hydroxylation is 2. The average Bonchev–Trinajstić information content (AvgIpc) is 3.40. The Balaban J connectivity index is 1.27. The highest BCUT2D eigenvalue weighted by Gasteiger charge is 2.26. The first-order chi connectivity index (χ1) is 16.7. The first-order valence-corrected chi connectivity index (χ1v) is 13.7. The zero-order chi connectivity index (χ0) is 25.0. The molecular formula is C26H34N4O4S. The molecule has 2 aromatic rings. The van der Waals surface area contributed by atoms with E-state index in [2.05, 4.69) is 9.62 Å². The highest BCUT2D eigenvalue weighted by atomic mass is 32.2. The number of nitrogens with one attached hydrogen (secondary N) is 1. The molecule has 0 aliphatic carbocycles. The van der Waals surface area contributed by atoms with Crippen molar-refractivity contribution in [2.24, 2.45) is 0 Å². The Morgan fingerprint density at radius 2 is 1.49 bits per heavy atom. The Morgan fingerprint density at radius 3 is 2.11 bits per heavy atom. The van der Waals surface area contributed by atoms with Gasteiger partial charge in [-0.25, -0.2) is 13.1 Å². The van der Waals surface area contributed by atoms with E-state index in [9.17, 15) is 18.0 Å². The van der Waals surface area contributed by atoms with Crippen LogP contribution in [0.25, 0.3) is 0 Å². The van der Waals surface area contributed by atoms with Crippen molar-refractivity contribution in [3.63, 3.8) is 0 Å². The van der Waals surface area contributed by atoms with E-state index in [1.807, 2.05) is 23.6 Å². The Morgan fingerprint density at radius 1 is 0.829 bits per heavy atom. The summed E-state index contributed by atoms with van der Waals surface area (Å²) < 4.78 is 27.9. The van der Waals surface area contributed by atoms with Gasteiger partial charge in [0, 0.05) is 51.4 Å². The summed E-state index contributed by atoms with van der Waals surface area (Å²) >= 11 is 0. The van der Waals surface area contributed by atoms with Crippen molar-refractivity contribution in [2.45, 2.75) is 38.1 Å². The highest BCUT2D eigenvalue weighted by molar-refractivity contribution is 7.89. The lowest BCUT2D eigenvalue weighted by Gasteiger charge is -2.35. The van der Waals surface area contributed by atoms with E-state index < -0.39 is 10.0 Å². The van der Waals surface area contributed by atoms with Crippen LogP contribution in [0.2, 0.25) is 0 Å². The van der Waals surface area contributed by atoms with Gasteiger partial charge in [0.15, 0.2) is 0 Å². The molecule has 0 spiro atoms. The zero-order valence-corrected chi connectivity index (χ0v) is 21.3. The van der Waals surface area contributed by atoms with Crippen LogP contribution in [-0.2, 0) is 21.4 Å². The summed E-state index contributed by atoms with van der Waals surface area (Å²) in [5.41, 5.74) is 3.32. The molecule has 1 N–H and O–H groups in total. The lowest BCUT2D eigenvalue weighted by Crippen LogP contribution is -2.51. The minimum absolute atomic E-state index is 0.0437. The first kappa shape index (κ1) is 25.3. The van der Waals surface area contributed by atoms with Crippen LogP contribution >= 0.6 is 0 Å². The molecule has 2 aliphatic rings. The fraction of sp³-hybridized carbons (Fsp3) is 0.462. The van der Waals surface area contributed by atoms with Crippen LogP contribution in [0.5, 0.6) is 0 Å². The number of rotatable bonds is 7. The van der Waals surface area contributed by atoms with Crippen molar-refractivity contribution < 1.29 is 18.0 Å². The van der Waals surface area contributed by atoms with Crippen molar-refractivity contribution in [2.75, 3.05) is 45.8 Å². The third kappa shape index (κ3) is 6.28. The summed E-state index contributed by atoms with van der Waals surface area (Å²) in [6.07, 6.45) is 2.18. The summed E-state index contributed by atoms with van der Waals surface area (Å²) in [6.45, 7) is 8.67. The smallest absolute Gasteiger partial charge is 0.253 e. The maximum absolute atomic E-state index is 12.9. The molecular weight excluding hydrogens is 464 g/mol. The molecule has 9 heteroatoms. The van der Waals surface area contributed by atoms with Crippen LogP contribution in [0.4, 0.5) is 0 Å². The zero-order valence-electron chi connectivity index (χ0n) is 20.5. The van der Waals surface area contributed by atoms with Crippen LogP contribution in [0.15, 0.2) is 47.4 Å². The Bertz CT molecular complexity index is 1170. The highest BCUT2D eigenvalue weighted by Crippen LogP contribution is 2.16. The third-order valence-electron chi connectivity index (χ3n) is 6.93. The molecule has 4 rings (SSSR count). The Labute approximate surface area is 207 Å².